The van der Waals surface area contributed by atoms with Gasteiger partial charge in [-0.25, -0.2) is 0 Å². The molecule has 112 valence electrons. The van der Waals surface area contributed by atoms with E-state index in [1.807, 2.05) is 24.3 Å². The number of hydrogen-bond donors (Lipinski definition) is 2. The van der Waals surface area contributed by atoms with E-state index in [9.17, 15) is 10.2 Å². The fourth-order valence-corrected chi connectivity index (χ4v) is 4.48. The molecule has 2 heterocycles. The number of nitrogens with zero attached hydrogens (tertiary/aromatic N) is 2. The van der Waals surface area contributed by atoms with Gasteiger partial charge in [0.1, 0.15) is 0 Å². The fourth-order valence-electron chi connectivity index (χ4n) is 1.85. The Morgan fingerprint density at radius 3 is 2.05 bits per heavy atom. The second kappa shape index (κ2) is 8.38. The molecule has 0 aliphatic heterocycles. The summed E-state index contributed by atoms with van der Waals surface area (Å²) in [5.41, 5.74) is 0.550. The van der Waals surface area contributed by atoms with E-state index >= 15 is 0 Å². The van der Waals surface area contributed by atoms with Gasteiger partial charge in [-0.15, -0.1) is 0 Å². The van der Waals surface area contributed by atoms with Crippen LogP contribution in [0.25, 0.3) is 0 Å². The Labute approximate surface area is 132 Å². The standard InChI is InChI=1S/C15H18N2O2S2/c18-10-15(11-19,9-13-1-5-16-6-2-13)12-20-21-14-3-7-17-8-4-14/h1-8,18-19H,9-12H2. The average molecular weight is 322 g/mol. The lowest BCUT2D eigenvalue weighted by Gasteiger charge is -2.29. The van der Waals surface area contributed by atoms with E-state index in [0.29, 0.717) is 12.2 Å². The van der Waals surface area contributed by atoms with E-state index in [0.717, 1.165) is 10.5 Å². The van der Waals surface area contributed by atoms with Gasteiger partial charge in [0.25, 0.3) is 0 Å². The minimum atomic E-state index is -0.522. The van der Waals surface area contributed by atoms with Gasteiger partial charge in [0.05, 0.1) is 13.2 Å². The van der Waals surface area contributed by atoms with E-state index in [4.69, 9.17) is 0 Å². The van der Waals surface area contributed by atoms with Crippen LogP contribution in [0.5, 0.6) is 0 Å². The van der Waals surface area contributed by atoms with Crippen LogP contribution in [0.1, 0.15) is 5.56 Å². The topological polar surface area (TPSA) is 66.2 Å². The lowest BCUT2D eigenvalue weighted by molar-refractivity contribution is 0.0745. The smallest absolute Gasteiger partial charge is 0.0520 e. The molecule has 0 unspecified atom stereocenters. The van der Waals surface area contributed by atoms with Crippen LogP contribution in [0.4, 0.5) is 0 Å². The maximum Gasteiger partial charge on any atom is 0.0520 e. The highest BCUT2D eigenvalue weighted by Crippen LogP contribution is 2.37. The number of rotatable bonds is 8. The molecule has 0 aliphatic rings. The van der Waals surface area contributed by atoms with Crippen molar-refractivity contribution < 1.29 is 10.2 Å². The van der Waals surface area contributed by atoms with Crippen LogP contribution in [0.2, 0.25) is 0 Å². The zero-order chi connectivity index (χ0) is 15.0. The first-order valence-electron chi connectivity index (χ1n) is 6.58. The molecule has 2 rings (SSSR count). The third-order valence-electron chi connectivity index (χ3n) is 3.17. The molecule has 0 radical (unpaired) electrons. The number of aromatic nitrogens is 2. The summed E-state index contributed by atoms with van der Waals surface area (Å²) in [5, 5.41) is 19.5. The second-order valence-corrected chi connectivity index (χ2v) is 7.25. The summed E-state index contributed by atoms with van der Waals surface area (Å²) >= 11 is 0. The molecular formula is C15H18N2O2S2. The lowest BCUT2D eigenvalue weighted by atomic mass is 9.85. The summed E-state index contributed by atoms with van der Waals surface area (Å²) in [7, 11) is 3.27. The second-order valence-electron chi connectivity index (χ2n) is 4.88. The van der Waals surface area contributed by atoms with E-state index in [-0.39, 0.29) is 13.2 Å². The van der Waals surface area contributed by atoms with Crippen molar-refractivity contribution in [1.82, 2.24) is 9.97 Å². The first-order valence-corrected chi connectivity index (χ1v) is 8.90. The van der Waals surface area contributed by atoms with Crippen LogP contribution < -0.4 is 0 Å². The molecular weight excluding hydrogens is 304 g/mol. The molecule has 0 aromatic carbocycles. The third-order valence-corrected chi connectivity index (χ3v) is 5.77. The summed E-state index contributed by atoms with van der Waals surface area (Å²) in [5.74, 6) is 0.662. The molecule has 2 aromatic rings. The van der Waals surface area contributed by atoms with E-state index in [1.165, 1.54) is 0 Å². The Hall–Kier alpha value is -1.08. The van der Waals surface area contributed by atoms with E-state index in [2.05, 4.69) is 9.97 Å². The van der Waals surface area contributed by atoms with Crippen LogP contribution in [0, 0.1) is 5.41 Å². The van der Waals surface area contributed by atoms with Crippen molar-refractivity contribution in [2.24, 2.45) is 5.41 Å². The molecule has 0 aliphatic carbocycles. The van der Waals surface area contributed by atoms with Crippen molar-refractivity contribution in [3.8, 4) is 0 Å². The molecule has 2 N–H and O–H groups in total. The van der Waals surface area contributed by atoms with Crippen molar-refractivity contribution in [2.75, 3.05) is 19.0 Å². The lowest BCUT2D eigenvalue weighted by Crippen LogP contribution is -2.34. The molecule has 6 heteroatoms. The summed E-state index contributed by atoms with van der Waals surface area (Å²) in [6, 6.07) is 7.72. The van der Waals surface area contributed by atoms with Crippen molar-refractivity contribution in [3.63, 3.8) is 0 Å². The monoisotopic (exact) mass is 322 g/mol. The third kappa shape index (κ3) is 5.00. The number of aliphatic hydroxyl groups excluding tert-OH is 2. The van der Waals surface area contributed by atoms with Crippen molar-refractivity contribution >= 4 is 21.6 Å². The maximum atomic E-state index is 9.73. The van der Waals surface area contributed by atoms with Crippen LogP contribution >= 0.6 is 21.6 Å². The minimum Gasteiger partial charge on any atom is -0.396 e. The molecule has 0 spiro atoms. The van der Waals surface area contributed by atoms with Gasteiger partial charge in [-0.1, -0.05) is 21.6 Å². The normalized spacial score (nSPS) is 11.5. The van der Waals surface area contributed by atoms with Gasteiger partial charge >= 0.3 is 0 Å². The van der Waals surface area contributed by atoms with Crippen LogP contribution in [0.15, 0.2) is 53.9 Å². The molecule has 0 atom stereocenters. The number of pyridine rings is 2. The first-order chi connectivity index (χ1) is 10.3. The maximum absolute atomic E-state index is 9.73. The van der Waals surface area contributed by atoms with Crippen LogP contribution in [-0.2, 0) is 6.42 Å². The van der Waals surface area contributed by atoms with Gasteiger partial charge in [-0.3, -0.25) is 9.97 Å². The molecule has 0 fully saturated rings. The van der Waals surface area contributed by atoms with E-state index in [1.54, 1.807) is 46.4 Å². The SMILES string of the molecule is OCC(CO)(CSSc1ccncc1)Cc1ccncc1. The zero-order valence-corrected chi connectivity index (χ0v) is 13.2. The Kier molecular flexibility index (Phi) is 6.50. The molecule has 0 saturated carbocycles. The molecule has 21 heavy (non-hydrogen) atoms. The number of aliphatic hydroxyl groups is 2. The summed E-state index contributed by atoms with van der Waals surface area (Å²) in [6.45, 7) is -0.0918. The Balaban J connectivity index is 1.94. The highest BCUT2D eigenvalue weighted by molar-refractivity contribution is 8.76. The molecule has 0 saturated heterocycles. The average Bonchev–Trinajstić information content (AvgIpc) is 2.56. The van der Waals surface area contributed by atoms with Crippen molar-refractivity contribution in [3.05, 3.63) is 54.6 Å². The molecule has 0 bridgehead atoms. The summed E-state index contributed by atoms with van der Waals surface area (Å²) < 4.78 is 0. The largest absolute Gasteiger partial charge is 0.396 e. The first kappa shape index (κ1) is 16.3. The van der Waals surface area contributed by atoms with Crippen LogP contribution in [-0.4, -0.2) is 39.1 Å². The zero-order valence-electron chi connectivity index (χ0n) is 11.6. The minimum absolute atomic E-state index is 0.0459. The Morgan fingerprint density at radius 2 is 1.48 bits per heavy atom. The Morgan fingerprint density at radius 1 is 0.905 bits per heavy atom. The van der Waals surface area contributed by atoms with E-state index < -0.39 is 5.41 Å². The summed E-state index contributed by atoms with van der Waals surface area (Å²) in [4.78, 5) is 9.09. The van der Waals surface area contributed by atoms with Crippen molar-refractivity contribution in [1.29, 1.82) is 0 Å². The quantitative estimate of drug-likeness (QED) is 0.728. The van der Waals surface area contributed by atoms with Gasteiger partial charge in [-0.05, 0) is 36.2 Å². The predicted molar refractivity (Wildman–Crippen MR) is 87.1 cm³/mol. The molecule has 4 nitrogen and oxygen atoms in total. The van der Waals surface area contributed by atoms with Gasteiger partial charge in [0.2, 0.25) is 0 Å². The van der Waals surface area contributed by atoms with Gasteiger partial charge in [0, 0.05) is 40.9 Å². The highest BCUT2D eigenvalue weighted by atomic mass is 33.1. The highest BCUT2D eigenvalue weighted by Gasteiger charge is 2.29. The summed E-state index contributed by atoms with van der Waals surface area (Å²) in [6.07, 6.45) is 7.60. The van der Waals surface area contributed by atoms with Crippen molar-refractivity contribution in [2.45, 2.75) is 11.3 Å². The van der Waals surface area contributed by atoms with Crippen LogP contribution in [0.3, 0.4) is 0 Å². The fraction of sp³-hybridized carbons (Fsp3) is 0.333. The predicted octanol–water partition coefficient (Wildman–Crippen LogP) is 2.43. The van der Waals surface area contributed by atoms with Gasteiger partial charge in [0.15, 0.2) is 0 Å². The molecule has 2 aromatic heterocycles. The van der Waals surface area contributed by atoms with Gasteiger partial charge < -0.3 is 10.2 Å². The van der Waals surface area contributed by atoms with Gasteiger partial charge in [-0.2, -0.15) is 0 Å². The molecule has 0 amide bonds. The Bertz CT molecular complexity index is 522. The number of hydrogen-bond acceptors (Lipinski definition) is 6.